The molecule has 2 atom stereocenters. The molecule has 2 aromatic rings. The highest BCUT2D eigenvalue weighted by atomic mass is 16.5. The second kappa shape index (κ2) is 3.85. The van der Waals surface area contributed by atoms with Gasteiger partial charge < -0.3 is 10.5 Å². The Labute approximate surface area is 94.2 Å². The summed E-state index contributed by atoms with van der Waals surface area (Å²) in [6.07, 6.45) is 2.74. The predicted molar refractivity (Wildman–Crippen MR) is 63.0 cm³/mol. The van der Waals surface area contributed by atoms with E-state index in [1.807, 2.05) is 18.3 Å². The minimum Gasteiger partial charge on any atom is -0.372 e. The lowest BCUT2D eigenvalue weighted by Crippen LogP contribution is -2.23. The number of ether oxygens (including phenoxy) is 1. The van der Waals surface area contributed by atoms with Crippen LogP contribution in [0.2, 0.25) is 0 Å². The first kappa shape index (κ1) is 9.75. The third kappa shape index (κ3) is 1.49. The van der Waals surface area contributed by atoms with Crippen LogP contribution in [0, 0.1) is 0 Å². The molecule has 1 aromatic carbocycles. The maximum atomic E-state index is 6.05. The van der Waals surface area contributed by atoms with E-state index in [1.54, 1.807) is 0 Å². The molecule has 1 aliphatic heterocycles. The van der Waals surface area contributed by atoms with Crippen molar-refractivity contribution < 1.29 is 4.74 Å². The molecule has 3 rings (SSSR count). The normalized spacial score (nSPS) is 25.1. The van der Waals surface area contributed by atoms with Crippen molar-refractivity contribution in [2.75, 3.05) is 6.61 Å². The number of fused-ring (bicyclic) bond motifs is 1. The summed E-state index contributed by atoms with van der Waals surface area (Å²) in [5, 5.41) is 1.14. The largest absolute Gasteiger partial charge is 0.372 e. The zero-order valence-corrected chi connectivity index (χ0v) is 8.97. The average Bonchev–Trinajstić information content (AvgIpc) is 2.75. The number of pyridine rings is 1. The molecule has 1 aliphatic rings. The molecule has 1 saturated heterocycles. The van der Waals surface area contributed by atoms with Crippen molar-refractivity contribution in [2.45, 2.75) is 18.6 Å². The smallest absolute Gasteiger partial charge is 0.0997 e. The molecular weight excluding hydrogens is 200 g/mol. The minimum atomic E-state index is -0.00130. The van der Waals surface area contributed by atoms with Gasteiger partial charge in [-0.15, -0.1) is 0 Å². The summed E-state index contributed by atoms with van der Waals surface area (Å²) in [5.41, 5.74) is 8.17. The van der Waals surface area contributed by atoms with Gasteiger partial charge in [-0.2, -0.15) is 0 Å². The Bertz CT molecular complexity index is 507. The van der Waals surface area contributed by atoms with E-state index in [1.165, 1.54) is 0 Å². The number of para-hydroxylation sites is 1. The minimum absolute atomic E-state index is 0.00130. The van der Waals surface area contributed by atoms with E-state index in [0.29, 0.717) is 0 Å². The van der Waals surface area contributed by atoms with Gasteiger partial charge in [0.05, 0.1) is 11.6 Å². The van der Waals surface area contributed by atoms with Crippen LogP contribution in [0.4, 0.5) is 0 Å². The first-order valence-corrected chi connectivity index (χ1v) is 5.57. The monoisotopic (exact) mass is 214 g/mol. The molecule has 2 N–H and O–H groups in total. The maximum Gasteiger partial charge on any atom is 0.0997 e. The number of nitrogens with zero attached hydrogens (tertiary/aromatic N) is 1. The summed E-state index contributed by atoms with van der Waals surface area (Å²) >= 11 is 0. The molecular formula is C13H14N2O. The quantitative estimate of drug-likeness (QED) is 0.790. The summed E-state index contributed by atoms with van der Waals surface area (Å²) in [4.78, 5) is 4.42. The fourth-order valence-electron chi connectivity index (χ4n) is 2.28. The van der Waals surface area contributed by atoms with Crippen LogP contribution in [0.1, 0.15) is 18.1 Å². The predicted octanol–water partition coefficient (Wildman–Crippen LogP) is 2.02. The van der Waals surface area contributed by atoms with Crippen molar-refractivity contribution in [3.8, 4) is 0 Å². The summed E-state index contributed by atoms with van der Waals surface area (Å²) in [7, 11) is 0. The summed E-state index contributed by atoms with van der Waals surface area (Å²) in [6, 6.07) is 10.3. The van der Waals surface area contributed by atoms with Gasteiger partial charge in [-0.25, -0.2) is 0 Å². The molecule has 0 aliphatic carbocycles. The fraction of sp³-hybridized carbons (Fsp3) is 0.308. The molecule has 0 saturated carbocycles. The highest BCUT2D eigenvalue weighted by Gasteiger charge is 2.27. The Hall–Kier alpha value is -1.45. The van der Waals surface area contributed by atoms with Gasteiger partial charge >= 0.3 is 0 Å². The molecule has 2 unspecified atom stereocenters. The number of rotatable bonds is 1. The molecule has 1 aromatic heterocycles. The Morgan fingerprint density at radius 3 is 2.94 bits per heavy atom. The second-order valence-corrected chi connectivity index (χ2v) is 4.17. The number of hydrogen-bond acceptors (Lipinski definition) is 3. The SMILES string of the molecule is NC1CCOC1c1cccc2cccnc12. The lowest BCUT2D eigenvalue weighted by Gasteiger charge is -2.16. The van der Waals surface area contributed by atoms with Gasteiger partial charge in [-0.3, -0.25) is 4.98 Å². The highest BCUT2D eigenvalue weighted by Crippen LogP contribution is 2.31. The third-order valence-corrected chi connectivity index (χ3v) is 3.11. The Kier molecular flexibility index (Phi) is 2.35. The van der Waals surface area contributed by atoms with Crippen molar-refractivity contribution >= 4 is 10.9 Å². The molecule has 0 amide bonds. The fourth-order valence-corrected chi connectivity index (χ4v) is 2.28. The Morgan fingerprint density at radius 1 is 1.25 bits per heavy atom. The van der Waals surface area contributed by atoms with Crippen molar-refractivity contribution in [2.24, 2.45) is 5.73 Å². The first-order chi connectivity index (χ1) is 7.86. The van der Waals surface area contributed by atoms with Crippen molar-refractivity contribution in [3.05, 3.63) is 42.1 Å². The Balaban J connectivity index is 2.16. The van der Waals surface area contributed by atoms with Gasteiger partial charge in [0, 0.05) is 29.8 Å². The number of nitrogens with two attached hydrogens (primary N) is 1. The van der Waals surface area contributed by atoms with Crippen LogP contribution >= 0.6 is 0 Å². The van der Waals surface area contributed by atoms with Crippen molar-refractivity contribution in [1.82, 2.24) is 4.98 Å². The van der Waals surface area contributed by atoms with Crippen molar-refractivity contribution in [3.63, 3.8) is 0 Å². The van der Waals surface area contributed by atoms with E-state index < -0.39 is 0 Å². The van der Waals surface area contributed by atoms with E-state index in [0.717, 1.165) is 29.5 Å². The highest BCUT2D eigenvalue weighted by molar-refractivity contribution is 5.82. The Morgan fingerprint density at radius 2 is 2.12 bits per heavy atom. The topological polar surface area (TPSA) is 48.1 Å². The first-order valence-electron chi connectivity index (χ1n) is 5.57. The van der Waals surface area contributed by atoms with E-state index >= 15 is 0 Å². The van der Waals surface area contributed by atoms with Gasteiger partial charge in [-0.05, 0) is 12.5 Å². The summed E-state index contributed by atoms with van der Waals surface area (Å²) < 4.78 is 5.69. The van der Waals surface area contributed by atoms with E-state index in [9.17, 15) is 0 Å². The second-order valence-electron chi connectivity index (χ2n) is 4.17. The van der Waals surface area contributed by atoms with Crippen LogP contribution in [0.15, 0.2) is 36.5 Å². The van der Waals surface area contributed by atoms with Crippen molar-refractivity contribution in [1.29, 1.82) is 0 Å². The zero-order chi connectivity index (χ0) is 11.0. The van der Waals surface area contributed by atoms with Crippen LogP contribution < -0.4 is 5.73 Å². The van der Waals surface area contributed by atoms with Gasteiger partial charge in [0.1, 0.15) is 0 Å². The molecule has 0 radical (unpaired) electrons. The molecule has 3 nitrogen and oxygen atoms in total. The molecule has 3 heteroatoms. The molecule has 0 spiro atoms. The number of benzene rings is 1. The van der Waals surface area contributed by atoms with E-state index in [-0.39, 0.29) is 12.1 Å². The lowest BCUT2D eigenvalue weighted by atomic mass is 10.00. The third-order valence-electron chi connectivity index (χ3n) is 3.11. The summed E-state index contributed by atoms with van der Waals surface area (Å²) in [6.45, 7) is 0.745. The average molecular weight is 214 g/mol. The molecule has 1 fully saturated rings. The van der Waals surface area contributed by atoms with Crippen LogP contribution in [-0.4, -0.2) is 17.6 Å². The van der Waals surface area contributed by atoms with E-state index in [4.69, 9.17) is 10.5 Å². The molecule has 0 bridgehead atoms. The number of aromatic nitrogens is 1. The van der Waals surface area contributed by atoms with Crippen LogP contribution in [0.3, 0.4) is 0 Å². The molecule has 2 heterocycles. The standard InChI is InChI=1S/C13H14N2O/c14-11-6-8-16-13(11)10-5-1-3-9-4-2-7-15-12(9)10/h1-5,7,11,13H,6,8,14H2. The van der Waals surface area contributed by atoms with Gasteiger partial charge in [-0.1, -0.05) is 24.3 Å². The maximum absolute atomic E-state index is 6.05. The number of hydrogen-bond donors (Lipinski definition) is 1. The van der Waals surface area contributed by atoms with Crippen LogP contribution in [-0.2, 0) is 4.74 Å². The summed E-state index contributed by atoms with van der Waals surface area (Å²) in [5.74, 6) is 0. The van der Waals surface area contributed by atoms with Gasteiger partial charge in [0.25, 0.3) is 0 Å². The molecule has 16 heavy (non-hydrogen) atoms. The van der Waals surface area contributed by atoms with E-state index in [2.05, 4.69) is 23.2 Å². The van der Waals surface area contributed by atoms with Gasteiger partial charge in [0.2, 0.25) is 0 Å². The molecule has 82 valence electrons. The van der Waals surface area contributed by atoms with Gasteiger partial charge in [0.15, 0.2) is 0 Å². The van der Waals surface area contributed by atoms with Crippen LogP contribution in [0.5, 0.6) is 0 Å². The zero-order valence-electron chi connectivity index (χ0n) is 8.97. The van der Waals surface area contributed by atoms with Crippen LogP contribution in [0.25, 0.3) is 10.9 Å². The lowest BCUT2D eigenvalue weighted by molar-refractivity contribution is 0.106.